The third-order valence-corrected chi connectivity index (χ3v) is 5.46. The van der Waals surface area contributed by atoms with Crippen LogP contribution in [0.2, 0.25) is 0 Å². The Bertz CT molecular complexity index is 539. The van der Waals surface area contributed by atoms with Crippen molar-refractivity contribution in [2.24, 2.45) is 0 Å². The smallest absolute Gasteiger partial charge is 0.189 e. The molecule has 12 heteroatoms. The second-order valence-corrected chi connectivity index (χ2v) is 8.09. The van der Waals surface area contributed by atoms with Crippen LogP contribution in [0.5, 0.6) is 0 Å². The molecule has 170 valence electrons. The van der Waals surface area contributed by atoms with Crippen LogP contribution in [-0.2, 0) is 23.7 Å². The normalized spacial score (nSPS) is 48.9. The first-order valence-electron chi connectivity index (χ1n) is 9.48. The lowest BCUT2D eigenvalue weighted by molar-refractivity contribution is -0.393. The molecule has 0 aromatic carbocycles. The quantitative estimate of drug-likeness (QED) is 0.225. The van der Waals surface area contributed by atoms with E-state index >= 15 is 0 Å². The van der Waals surface area contributed by atoms with Crippen LogP contribution >= 0.6 is 0 Å². The zero-order chi connectivity index (χ0) is 21.5. The van der Waals surface area contributed by atoms with E-state index in [-0.39, 0.29) is 6.61 Å². The van der Waals surface area contributed by atoms with Crippen LogP contribution in [0.15, 0.2) is 0 Å². The van der Waals surface area contributed by atoms with E-state index in [1.54, 1.807) is 0 Å². The average molecular weight is 426 g/mol. The number of hydrogen-bond acceptors (Lipinski definition) is 12. The van der Waals surface area contributed by atoms with E-state index in [9.17, 15) is 35.7 Å². The van der Waals surface area contributed by atoms with Gasteiger partial charge in [-0.1, -0.05) is 0 Å². The van der Waals surface area contributed by atoms with Gasteiger partial charge in [0, 0.05) is 0 Å². The maximum Gasteiger partial charge on any atom is 0.189 e. The van der Waals surface area contributed by atoms with Crippen LogP contribution in [0, 0.1) is 0 Å². The highest BCUT2D eigenvalue weighted by Gasteiger charge is 2.54. The molecule has 0 radical (unpaired) electrons. The first-order chi connectivity index (χ1) is 13.6. The summed E-state index contributed by atoms with van der Waals surface area (Å²) in [6.07, 6.45) is -14.1. The van der Waals surface area contributed by atoms with Crippen molar-refractivity contribution in [3.63, 3.8) is 0 Å². The fraction of sp³-hybridized carbons (Fsp3) is 1.00. The van der Waals surface area contributed by atoms with Crippen molar-refractivity contribution in [2.75, 3.05) is 19.8 Å². The summed E-state index contributed by atoms with van der Waals surface area (Å²) in [6.45, 7) is 1.94. The summed E-state index contributed by atoms with van der Waals surface area (Å²) >= 11 is 0. The molecule has 29 heavy (non-hydrogen) atoms. The number of aliphatic hydroxyl groups excluding tert-OH is 6. The number of hydrogen-bond donors (Lipinski definition) is 7. The van der Waals surface area contributed by atoms with Crippen molar-refractivity contribution in [2.45, 2.75) is 87.0 Å². The molecule has 0 aromatic heterocycles. The maximum atomic E-state index is 10.7. The van der Waals surface area contributed by atoms with Crippen LogP contribution < -0.4 is 0 Å². The van der Waals surface area contributed by atoms with E-state index in [0.717, 1.165) is 0 Å². The van der Waals surface area contributed by atoms with E-state index in [0.29, 0.717) is 0 Å². The number of aliphatic hydroxyl groups is 7. The van der Waals surface area contributed by atoms with Crippen molar-refractivity contribution >= 4 is 0 Å². The van der Waals surface area contributed by atoms with Gasteiger partial charge in [0.1, 0.15) is 54.9 Å². The van der Waals surface area contributed by atoms with Gasteiger partial charge in [-0.05, 0) is 13.8 Å². The molecule has 3 saturated heterocycles. The highest BCUT2D eigenvalue weighted by Crippen LogP contribution is 2.34. The third-order valence-electron chi connectivity index (χ3n) is 5.46. The van der Waals surface area contributed by atoms with Crippen LogP contribution in [0.1, 0.15) is 13.8 Å². The molecule has 3 aliphatic heterocycles. The Morgan fingerprint density at radius 3 is 1.97 bits per heavy atom. The largest absolute Gasteiger partial charge is 0.394 e. The van der Waals surface area contributed by atoms with Crippen molar-refractivity contribution in [3.05, 3.63) is 0 Å². The molecule has 3 rings (SSSR count). The SMILES string of the molecule is CC(C)(O)C1COC2C(CO)O[C@H](O[C@H]3OC(CO)[C@@H](O)C(O)C3O)C(O)C2O1. The van der Waals surface area contributed by atoms with E-state index < -0.39 is 86.3 Å². The Labute approximate surface area is 167 Å². The van der Waals surface area contributed by atoms with Gasteiger partial charge in [-0.2, -0.15) is 0 Å². The molecule has 7 N–H and O–H groups in total. The van der Waals surface area contributed by atoms with Gasteiger partial charge in [-0.3, -0.25) is 0 Å². The standard InChI is InChI=1S/C17H30O12/c1-17(2,24)8-5-25-13-7(4-19)27-16(12(23)14(13)28-8)29-15-11(22)10(21)9(20)6(3-18)26-15/h6-16,18-24H,3-5H2,1-2H3/t6?,7?,8?,9-,10?,11?,12?,13?,14?,15-,16-/m1/s1. The van der Waals surface area contributed by atoms with Gasteiger partial charge in [0.25, 0.3) is 0 Å². The highest BCUT2D eigenvalue weighted by atomic mass is 16.8. The molecule has 0 amide bonds. The lowest BCUT2D eigenvalue weighted by Gasteiger charge is -2.50. The van der Waals surface area contributed by atoms with Crippen LogP contribution in [0.4, 0.5) is 0 Å². The molecule has 3 aliphatic rings. The average Bonchev–Trinajstić information content (AvgIpc) is 2.69. The van der Waals surface area contributed by atoms with Crippen LogP contribution in [0.3, 0.4) is 0 Å². The molecule has 0 bridgehead atoms. The third kappa shape index (κ3) is 4.59. The fourth-order valence-electron chi connectivity index (χ4n) is 3.62. The van der Waals surface area contributed by atoms with E-state index in [1.807, 2.05) is 0 Å². The summed E-state index contributed by atoms with van der Waals surface area (Å²) in [6, 6.07) is 0. The Morgan fingerprint density at radius 1 is 0.793 bits per heavy atom. The van der Waals surface area contributed by atoms with Gasteiger partial charge >= 0.3 is 0 Å². The zero-order valence-corrected chi connectivity index (χ0v) is 16.1. The molecular formula is C17H30O12. The van der Waals surface area contributed by atoms with Crippen LogP contribution in [-0.4, -0.2) is 129 Å². The summed E-state index contributed by atoms with van der Waals surface area (Å²) in [5.41, 5.74) is -1.26. The minimum Gasteiger partial charge on any atom is -0.394 e. The lowest BCUT2D eigenvalue weighted by atomic mass is 9.94. The number of rotatable bonds is 5. The Kier molecular flexibility index (Phi) is 7.15. The fourth-order valence-corrected chi connectivity index (χ4v) is 3.62. The molecular weight excluding hydrogens is 396 g/mol. The number of ether oxygens (including phenoxy) is 5. The first-order valence-corrected chi connectivity index (χ1v) is 9.48. The Morgan fingerprint density at radius 2 is 1.38 bits per heavy atom. The van der Waals surface area contributed by atoms with Crippen molar-refractivity contribution < 1.29 is 59.4 Å². The van der Waals surface area contributed by atoms with E-state index in [1.165, 1.54) is 13.8 Å². The van der Waals surface area contributed by atoms with Gasteiger partial charge in [-0.25, -0.2) is 0 Å². The molecule has 12 nitrogen and oxygen atoms in total. The molecule has 0 saturated carbocycles. The van der Waals surface area contributed by atoms with E-state index in [2.05, 4.69) is 0 Å². The molecule has 0 aliphatic carbocycles. The molecule has 8 unspecified atom stereocenters. The first kappa shape index (κ1) is 23.2. The predicted octanol–water partition coefficient (Wildman–Crippen LogP) is -4.20. The van der Waals surface area contributed by atoms with E-state index in [4.69, 9.17) is 23.7 Å². The van der Waals surface area contributed by atoms with Crippen molar-refractivity contribution in [3.8, 4) is 0 Å². The summed E-state index contributed by atoms with van der Waals surface area (Å²) < 4.78 is 27.7. The van der Waals surface area contributed by atoms with Crippen molar-refractivity contribution in [1.82, 2.24) is 0 Å². The van der Waals surface area contributed by atoms with Gasteiger partial charge < -0.3 is 59.4 Å². The topological polar surface area (TPSA) is 188 Å². The predicted molar refractivity (Wildman–Crippen MR) is 91.3 cm³/mol. The lowest BCUT2D eigenvalue weighted by Crippen LogP contribution is -2.67. The summed E-state index contributed by atoms with van der Waals surface area (Å²) in [5, 5.41) is 69.7. The molecule has 0 spiro atoms. The second kappa shape index (κ2) is 8.94. The Hall–Kier alpha value is -0.480. The van der Waals surface area contributed by atoms with Gasteiger partial charge in [0.2, 0.25) is 0 Å². The van der Waals surface area contributed by atoms with Gasteiger partial charge in [0.15, 0.2) is 12.6 Å². The van der Waals surface area contributed by atoms with Gasteiger partial charge in [0.05, 0.1) is 25.4 Å². The number of fused-ring (bicyclic) bond motifs is 1. The monoisotopic (exact) mass is 426 g/mol. The zero-order valence-electron chi connectivity index (χ0n) is 16.1. The minimum atomic E-state index is -1.69. The molecule has 3 fully saturated rings. The highest BCUT2D eigenvalue weighted by molar-refractivity contribution is 4.97. The van der Waals surface area contributed by atoms with Crippen molar-refractivity contribution in [1.29, 1.82) is 0 Å². The summed E-state index contributed by atoms with van der Waals surface area (Å²) in [4.78, 5) is 0. The maximum absolute atomic E-state index is 10.7. The molecule has 0 aromatic rings. The van der Waals surface area contributed by atoms with Gasteiger partial charge in [-0.15, -0.1) is 0 Å². The van der Waals surface area contributed by atoms with Crippen LogP contribution in [0.25, 0.3) is 0 Å². The Balaban J connectivity index is 1.74. The summed E-state index contributed by atoms with van der Waals surface area (Å²) in [7, 11) is 0. The summed E-state index contributed by atoms with van der Waals surface area (Å²) in [5.74, 6) is 0. The molecule has 11 atom stereocenters. The second-order valence-electron chi connectivity index (χ2n) is 8.09. The minimum absolute atomic E-state index is 0.0233. The molecule has 3 heterocycles.